The van der Waals surface area contributed by atoms with Gasteiger partial charge >= 0.3 is 1.43 Å². The van der Waals surface area contributed by atoms with Crippen LogP contribution in [0.4, 0.5) is 0 Å². The van der Waals surface area contributed by atoms with Crippen molar-refractivity contribution in [1.82, 2.24) is 0 Å². The summed E-state index contributed by atoms with van der Waals surface area (Å²) < 4.78 is 0. The number of rotatable bonds is 2. The second-order valence-electron chi connectivity index (χ2n) is 1.25. The molecule has 6 heavy (non-hydrogen) atoms. The minimum Gasteiger partial charge on any atom is -0.393 e. The van der Waals surface area contributed by atoms with Gasteiger partial charge in [0.1, 0.15) is 6.29 Å². The van der Waals surface area contributed by atoms with Crippen molar-refractivity contribution in [3.63, 3.8) is 0 Å². The first-order valence-corrected chi connectivity index (χ1v) is 1.89. The predicted molar refractivity (Wildman–Crippen MR) is 23.5 cm³/mol. The van der Waals surface area contributed by atoms with E-state index in [9.17, 15) is 4.79 Å². The van der Waals surface area contributed by atoms with Crippen LogP contribution in [0, 0.1) is 0 Å². The standard InChI is InChI=1S/C4H8O2/c1-4(6)2-3-5/h3-4,6H,2H2,1H3/p+1. The van der Waals surface area contributed by atoms with Crippen molar-refractivity contribution in [2.45, 2.75) is 19.4 Å². The molecular formula is C4H9O2+. The highest BCUT2D eigenvalue weighted by Gasteiger charge is 1.87. The molecule has 0 aromatic rings. The van der Waals surface area contributed by atoms with Gasteiger partial charge in [-0.15, -0.1) is 0 Å². The normalized spacial score (nSPS) is 13.7. The van der Waals surface area contributed by atoms with Crippen LogP contribution in [-0.2, 0) is 4.79 Å². The largest absolute Gasteiger partial charge is 1.00 e. The minimum absolute atomic E-state index is 0. The van der Waals surface area contributed by atoms with E-state index in [0.29, 0.717) is 6.29 Å². The molecule has 1 N–H and O–H groups in total. The van der Waals surface area contributed by atoms with Gasteiger partial charge in [0.15, 0.2) is 0 Å². The number of aliphatic hydroxyl groups is 1. The van der Waals surface area contributed by atoms with Crippen LogP contribution >= 0.6 is 0 Å². The van der Waals surface area contributed by atoms with E-state index in [0.717, 1.165) is 0 Å². The molecule has 0 saturated heterocycles. The lowest BCUT2D eigenvalue weighted by Gasteiger charge is -1.89. The SMILES string of the molecule is CC(O)CC=O.[H+]. The lowest BCUT2D eigenvalue weighted by Crippen LogP contribution is -1.97. The molecule has 0 bridgehead atoms. The molecule has 0 aliphatic rings. The summed E-state index contributed by atoms with van der Waals surface area (Å²) in [5, 5.41) is 8.32. The van der Waals surface area contributed by atoms with Crippen LogP contribution in [0.5, 0.6) is 0 Å². The third-order valence-electron chi connectivity index (χ3n) is 0.437. The topological polar surface area (TPSA) is 37.3 Å². The summed E-state index contributed by atoms with van der Waals surface area (Å²) >= 11 is 0. The van der Waals surface area contributed by atoms with E-state index in [1.807, 2.05) is 0 Å². The molecule has 0 heterocycles. The van der Waals surface area contributed by atoms with Crippen LogP contribution in [0.2, 0.25) is 0 Å². The summed E-state index contributed by atoms with van der Waals surface area (Å²) in [4.78, 5) is 9.46. The van der Waals surface area contributed by atoms with E-state index in [-0.39, 0.29) is 7.85 Å². The van der Waals surface area contributed by atoms with Gasteiger partial charge < -0.3 is 9.90 Å². The zero-order valence-corrected chi connectivity index (χ0v) is 3.72. The van der Waals surface area contributed by atoms with Crippen LogP contribution in [0.1, 0.15) is 14.8 Å². The van der Waals surface area contributed by atoms with Crippen molar-refractivity contribution in [2.75, 3.05) is 0 Å². The summed E-state index contributed by atoms with van der Waals surface area (Å²) in [5.41, 5.74) is 0. The maximum atomic E-state index is 9.46. The van der Waals surface area contributed by atoms with E-state index in [2.05, 4.69) is 0 Å². The van der Waals surface area contributed by atoms with Crippen LogP contribution < -0.4 is 0 Å². The first-order chi connectivity index (χ1) is 2.77. The van der Waals surface area contributed by atoms with Gasteiger partial charge in [0.2, 0.25) is 0 Å². The second-order valence-corrected chi connectivity index (χ2v) is 1.25. The first-order valence-electron chi connectivity index (χ1n) is 1.89. The summed E-state index contributed by atoms with van der Waals surface area (Å²) in [6, 6.07) is 0. The molecule has 0 amide bonds. The Balaban J connectivity index is 0. The molecule has 1 unspecified atom stereocenters. The molecule has 0 aliphatic carbocycles. The highest BCUT2D eigenvalue weighted by atomic mass is 16.3. The smallest absolute Gasteiger partial charge is 0.393 e. The Hall–Kier alpha value is -0.370. The van der Waals surface area contributed by atoms with Crippen molar-refractivity contribution in [2.24, 2.45) is 0 Å². The maximum absolute atomic E-state index is 9.46. The third kappa shape index (κ3) is 3.63. The molecule has 2 nitrogen and oxygen atoms in total. The Morgan fingerprint density at radius 1 is 2.17 bits per heavy atom. The molecule has 0 fully saturated rings. The maximum Gasteiger partial charge on any atom is 1.00 e. The Bertz CT molecular complexity index is 45.0. The van der Waals surface area contributed by atoms with E-state index in [1.165, 1.54) is 0 Å². The quantitative estimate of drug-likeness (QED) is 0.486. The van der Waals surface area contributed by atoms with Crippen molar-refractivity contribution >= 4 is 6.29 Å². The van der Waals surface area contributed by atoms with Crippen LogP contribution in [-0.4, -0.2) is 17.5 Å². The van der Waals surface area contributed by atoms with Gasteiger partial charge in [-0.1, -0.05) is 0 Å². The van der Waals surface area contributed by atoms with Crippen molar-refractivity contribution in [1.29, 1.82) is 0 Å². The third-order valence-corrected chi connectivity index (χ3v) is 0.437. The first kappa shape index (κ1) is 5.63. The van der Waals surface area contributed by atoms with Gasteiger partial charge in [-0.2, -0.15) is 0 Å². The molecule has 0 radical (unpaired) electrons. The average molecular weight is 89.1 g/mol. The number of aliphatic hydroxyl groups excluding tert-OH is 1. The number of aldehydes is 1. The zero-order valence-electron chi connectivity index (χ0n) is 4.72. The lowest BCUT2D eigenvalue weighted by atomic mass is 10.3. The monoisotopic (exact) mass is 89.1 g/mol. The fourth-order valence-corrected chi connectivity index (χ4v) is 0.139. The van der Waals surface area contributed by atoms with Crippen molar-refractivity contribution < 1.29 is 11.3 Å². The molecule has 2 heteroatoms. The molecule has 0 aliphatic heterocycles. The van der Waals surface area contributed by atoms with E-state index in [4.69, 9.17) is 5.11 Å². The number of hydrogen-bond donors (Lipinski definition) is 1. The molecule has 36 valence electrons. The highest BCUT2D eigenvalue weighted by Crippen LogP contribution is 1.79. The number of hydrogen-bond acceptors (Lipinski definition) is 2. The van der Waals surface area contributed by atoms with Crippen molar-refractivity contribution in [3.8, 4) is 0 Å². The van der Waals surface area contributed by atoms with Gasteiger partial charge in [-0.3, -0.25) is 0 Å². The van der Waals surface area contributed by atoms with E-state index in [1.54, 1.807) is 6.92 Å². The molecule has 0 aromatic carbocycles. The molecular weight excluding hydrogens is 80.0 g/mol. The number of carbonyl (C=O) groups is 1. The molecule has 1 atom stereocenters. The van der Waals surface area contributed by atoms with Crippen molar-refractivity contribution in [3.05, 3.63) is 0 Å². The average Bonchev–Trinajstić information content (AvgIpc) is 1.35. The summed E-state index contributed by atoms with van der Waals surface area (Å²) in [5.74, 6) is 0. The van der Waals surface area contributed by atoms with Crippen LogP contribution in [0.25, 0.3) is 0 Å². The van der Waals surface area contributed by atoms with E-state index < -0.39 is 6.10 Å². The molecule has 0 aromatic heterocycles. The predicted octanol–water partition coefficient (Wildman–Crippen LogP) is 0.0687. The number of carbonyl (C=O) groups excluding carboxylic acids is 1. The van der Waals surface area contributed by atoms with Gasteiger partial charge in [-0.25, -0.2) is 0 Å². The fourth-order valence-electron chi connectivity index (χ4n) is 0.139. The highest BCUT2D eigenvalue weighted by molar-refractivity contribution is 5.49. The molecule has 0 spiro atoms. The van der Waals surface area contributed by atoms with E-state index >= 15 is 0 Å². The zero-order chi connectivity index (χ0) is 4.99. The second kappa shape index (κ2) is 2.85. The summed E-state index contributed by atoms with van der Waals surface area (Å²) in [6.45, 7) is 1.58. The lowest BCUT2D eigenvalue weighted by molar-refractivity contribution is -0.109. The van der Waals surface area contributed by atoms with Crippen LogP contribution in [0.3, 0.4) is 0 Å². The Morgan fingerprint density at radius 2 is 2.67 bits per heavy atom. The van der Waals surface area contributed by atoms with Gasteiger partial charge in [0, 0.05) is 6.42 Å². The summed E-state index contributed by atoms with van der Waals surface area (Å²) in [6.07, 6.45) is 0.479. The molecule has 0 rings (SSSR count). The van der Waals surface area contributed by atoms with Gasteiger partial charge in [0.05, 0.1) is 6.10 Å². The van der Waals surface area contributed by atoms with Crippen LogP contribution in [0.15, 0.2) is 0 Å². The fraction of sp³-hybridized carbons (Fsp3) is 0.750. The molecule has 0 saturated carbocycles. The Morgan fingerprint density at radius 3 is 2.67 bits per heavy atom. The Kier molecular flexibility index (Phi) is 2.67. The summed E-state index contributed by atoms with van der Waals surface area (Å²) in [7, 11) is 0. The minimum atomic E-state index is -0.470. The van der Waals surface area contributed by atoms with Gasteiger partial charge in [-0.05, 0) is 6.92 Å². The Labute approximate surface area is 38.3 Å². The van der Waals surface area contributed by atoms with Gasteiger partial charge in [0.25, 0.3) is 0 Å².